The number of hydrogen-bond donors (Lipinski definition) is 4. The number of aromatic nitrogens is 1. The standard InChI is InChI=1S/C33H37F2N5O3.CH3.K/c1-3-5-17-37-29-23(8-6-7-18-43-4-2)21-38-30(36)27(29)19-22-9-12-26(20-28(22)35)40-32(42)33(15-16-33)31(41)39-25-13-10-24(34)11-14-25;;/h3,6,8-14,20-21H,2,4-5,7,15-19H2,1H3,(H,39,41)(H,40,42)(H3,36,37,38);1H3;/q-2;-1;+1/b8-6+;;. The van der Waals surface area contributed by atoms with E-state index in [9.17, 15) is 14.0 Å². The fourth-order valence-corrected chi connectivity index (χ4v) is 4.58. The van der Waals surface area contributed by atoms with Crippen molar-refractivity contribution in [3.05, 3.63) is 104 Å². The maximum atomic E-state index is 15.4. The predicted molar refractivity (Wildman–Crippen MR) is 173 cm³/mol. The van der Waals surface area contributed by atoms with Crippen LogP contribution in [0.4, 0.5) is 31.7 Å². The smallest absolute Gasteiger partial charge is 0.413 e. The number of benzene rings is 2. The van der Waals surface area contributed by atoms with Crippen molar-refractivity contribution < 1.29 is 74.5 Å². The minimum atomic E-state index is -1.26. The van der Waals surface area contributed by atoms with Gasteiger partial charge in [-0.2, -0.15) is 13.3 Å². The summed E-state index contributed by atoms with van der Waals surface area (Å²) in [6.45, 7) is 7.27. The third kappa shape index (κ3) is 10.4. The van der Waals surface area contributed by atoms with E-state index in [1.54, 1.807) is 18.3 Å². The average Bonchev–Trinajstić information content (AvgIpc) is 3.80. The summed E-state index contributed by atoms with van der Waals surface area (Å²) in [6, 6.07) is 9.71. The van der Waals surface area contributed by atoms with Crippen LogP contribution in [0, 0.1) is 37.8 Å². The fourth-order valence-electron chi connectivity index (χ4n) is 4.58. The van der Waals surface area contributed by atoms with Gasteiger partial charge in [-0.05, 0) is 67.8 Å². The first-order chi connectivity index (χ1) is 20.8. The Morgan fingerprint density at radius 1 is 1.11 bits per heavy atom. The number of nitrogens with one attached hydrogen (secondary N) is 3. The van der Waals surface area contributed by atoms with Crippen molar-refractivity contribution in [2.24, 2.45) is 5.41 Å². The second kappa shape index (κ2) is 18.5. The van der Waals surface area contributed by atoms with Gasteiger partial charge in [-0.3, -0.25) is 9.59 Å². The first kappa shape index (κ1) is 38.5. The van der Waals surface area contributed by atoms with Crippen LogP contribution in [0.5, 0.6) is 0 Å². The number of carbonyl (C=O) groups is 2. The van der Waals surface area contributed by atoms with Gasteiger partial charge in [0.25, 0.3) is 0 Å². The third-order valence-corrected chi connectivity index (χ3v) is 7.25. The van der Waals surface area contributed by atoms with E-state index in [1.807, 2.05) is 25.5 Å². The third-order valence-electron chi connectivity index (χ3n) is 7.25. The van der Waals surface area contributed by atoms with Crippen LogP contribution in [0.2, 0.25) is 0 Å². The van der Waals surface area contributed by atoms with Crippen molar-refractivity contribution in [3.8, 4) is 0 Å². The molecule has 8 nitrogen and oxygen atoms in total. The molecule has 4 rings (SSSR count). The molecule has 45 heavy (non-hydrogen) atoms. The Labute approximate surface area is 307 Å². The van der Waals surface area contributed by atoms with Crippen molar-refractivity contribution >= 4 is 40.8 Å². The molecule has 3 aromatic rings. The zero-order valence-corrected chi connectivity index (χ0v) is 29.3. The van der Waals surface area contributed by atoms with E-state index in [-0.39, 0.29) is 70.9 Å². The summed E-state index contributed by atoms with van der Waals surface area (Å²) >= 11 is 0. The van der Waals surface area contributed by atoms with Gasteiger partial charge in [0, 0.05) is 41.7 Å². The van der Waals surface area contributed by atoms with Gasteiger partial charge in [0.05, 0.1) is 5.69 Å². The monoisotopic (exact) mass is 643 g/mol. The molecule has 1 aliphatic rings. The number of hydrogen-bond acceptors (Lipinski definition) is 6. The predicted octanol–water partition coefficient (Wildman–Crippen LogP) is 3.62. The van der Waals surface area contributed by atoms with Gasteiger partial charge >= 0.3 is 51.4 Å². The zero-order chi connectivity index (χ0) is 30.8. The van der Waals surface area contributed by atoms with Gasteiger partial charge in [-0.1, -0.05) is 24.8 Å². The van der Waals surface area contributed by atoms with Gasteiger partial charge in [-0.15, -0.1) is 0 Å². The van der Waals surface area contributed by atoms with Crippen LogP contribution >= 0.6 is 0 Å². The van der Waals surface area contributed by atoms with E-state index in [0.29, 0.717) is 61.7 Å². The molecule has 0 aliphatic heterocycles. The van der Waals surface area contributed by atoms with Crippen LogP contribution < -0.4 is 73.1 Å². The number of nitrogen functional groups attached to an aromatic ring is 1. The number of nitrogens with two attached hydrogens (primary N) is 1. The molecule has 0 saturated heterocycles. The van der Waals surface area contributed by atoms with E-state index in [4.69, 9.17) is 10.5 Å². The van der Waals surface area contributed by atoms with Crippen molar-refractivity contribution in [2.45, 2.75) is 39.0 Å². The Kier molecular flexibility index (Phi) is 15.8. The number of rotatable bonds is 15. The average molecular weight is 644 g/mol. The molecule has 2 amide bonds. The van der Waals surface area contributed by atoms with E-state index >= 15 is 4.39 Å². The summed E-state index contributed by atoms with van der Waals surface area (Å²) in [5, 5.41) is 8.77. The Morgan fingerprint density at radius 2 is 1.78 bits per heavy atom. The topological polar surface area (TPSA) is 118 Å². The molecule has 0 atom stereocenters. The van der Waals surface area contributed by atoms with Gasteiger partial charge in [0.15, 0.2) is 0 Å². The molecule has 0 bridgehead atoms. The molecular weight excluding hydrogens is 604 g/mol. The Morgan fingerprint density at radius 3 is 2.40 bits per heavy atom. The van der Waals surface area contributed by atoms with Crippen LogP contribution in [-0.4, -0.2) is 36.6 Å². The minimum Gasteiger partial charge on any atom is -0.413 e. The maximum absolute atomic E-state index is 15.4. The number of carbonyl (C=O) groups excluding carboxylic acids is 2. The molecule has 2 aromatic carbocycles. The fraction of sp³-hybridized carbons (Fsp3) is 0.294. The minimum absolute atomic E-state index is 0. The molecular formula is C34H40F2KN5O3-2. The molecule has 0 spiro atoms. The number of unbranched alkanes of at least 4 members (excludes halogenated alkanes) is 1. The maximum Gasteiger partial charge on any atom is 1.00 e. The van der Waals surface area contributed by atoms with Crippen molar-refractivity contribution in [1.82, 2.24) is 4.98 Å². The van der Waals surface area contributed by atoms with Gasteiger partial charge in [0.1, 0.15) is 22.9 Å². The van der Waals surface area contributed by atoms with Crippen molar-refractivity contribution in [2.75, 3.05) is 41.4 Å². The number of pyridine rings is 1. The second-order valence-electron chi connectivity index (χ2n) is 10.4. The Balaban J connectivity index is 0.00000353. The van der Waals surface area contributed by atoms with Crippen LogP contribution in [0.15, 0.2) is 54.7 Å². The number of ether oxygens (including phenoxy) is 1. The Hall–Kier alpha value is -2.67. The first-order valence-corrected chi connectivity index (χ1v) is 14.3. The molecule has 236 valence electrons. The van der Waals surface area contributed by atoms with E-state index < -0.39 is 28.9 Å². The summed E-state index contributed by atoms with van der Waals surface area (Å²) in [7, 11) is 0. The molecule has 1 aliphatic carbocycles. The summed E-state index contributed by atoms with van der Waals surface area (Å²) in [6.07, 6.45) is 10.1. The largest absolute Gasteiger partial charge is 1.00 e. The Bertz CT molecular complexity index is 1460. The molecule has 5 N–H and O–H groups in total. The van der Waals surface area contributed by atoms with Crippen LogP contribution in [0.25, 0.3) is 6.08 Å². The summed E-state index contributed by atoms with van der Waals surface area (Å²) < 4.78 is 33.9. The van der Waals surface area contributed by atoms with Crippen molar-refractivity contribution in [1.29, 1.82) is 0 Å². The number of anilines is 4. The molecule has 0 unspecified atom stereocenters. The summed E-state index contributed by atoms with van der Waals surface area (Å²) in [5.74, 6) is -1.68. The van der Waals surface area contributed by atoms with Gasteiger partial charge < -0.3 is 47.2 Å². The van der Waals surface area contributed by atoms with Crippen LogP contribution in [0.1, 0.15) is 49.3 Å². The molecule has 1 aromatic heterocycles. The zero-order valence-electron chi connectivity index (χ0n) is 26.2. The number of amides is 2. The number of halogens is 2. The molecule has 1 saturated carbocycles. The van der Waals surface area contributed by atoms with Gasteiger partial charge in [0.2, 0.25) is 11.8 Å². The normalized spacial score (nSPS) is 13.0. The molecule has 11 heteroatoms. The second-order valence-corrected chi connectivity index (χ2v) is 10.4. The van der Waals surface area contributed by atoms with Crippen LogP contribution in [0.3, 0.4) is 0 Å². The van der Waals surface area contributed by atoms with Gasteiger partial charge in [-0.25, -0.2) is 13.8 Å². The van der Waals surface area contributed by atoms with E-state index in [2.05, 4.69) is 27.9 Å². The van der Waals surface area contributed by atoms with E-state index in [0.717, 1.165) is 17.7 Å². The van der Waals surface area contributed by atoms with Crippen molar-refractivity contribution in [3.63, 3.8) is 0 Å². The summed E-state index contributed by atoms with van der Waals surface area (Å²) in [4.78, 5) is 30.3. The SMILES string of the molecule is [CH2-]COCC/C=C/c1cnc(N)c(Cc2ccc(NC(=O)C3(C(=O)Nc4ccc(F)cc4)CC3)cc2F)c1NCC[CH-]C.[CH3-].[K+]. The molecule has 1 heterocycles. The quantitative estimate of drug-likeness (QED) is 0.0870. The molecule has 0 radical (unpaired) electrons. The molecule has 1 fully saturated rings. The first-order valence-electron chi connectivity index (χ1n) is 14.3. The van der Waals surface area contributed by atoms with Crippen LogP contribution in [-0.2, 0) is 20.7 Å². The summed E-state index contributed by atoms with van der Waals surface area (Å²) in [5.41, 5.74) is 8.29. The number of nitrogens with zero attached hydrogens (tertiary/aromatic N) is 1. The van der Waals surface area contributed by atoms with E-state index in [1.165, 1.54) is 30.3 Å².